The Morgan fingerprint density at radius 3 is 3.10 bits per heavy atom. The second-order valence-electron chi connectivity index (χ2n) is 4.61. The molecule has 0 spiro atoms. The molecule has 1 saturated heterocycles. The van der Waals surface area contributed by atoms with E-state index in [9.17, 15) is 9.90 Å². The second kappa shape index (κ2) is 6.92. The van der Waals surface area contributed by atoms with Crippen molar-refractivity contribution in [3.05, 3.63) is 28.8 Å². The smallest absolute Gasteiger partial charge is 0.245 e. The highest BCUT2D eigenvalue weighted by Crippen LogP contribution is 2.28. The number of carbonyl (C=O) groups is 1. The van der Waals surface area contributed by atoms with Gasteiger partial charge in [-0.15, -0.1) is 0 Å². The summed E-state index contributed by atoms with van der Waals surface area (Å²) in [7, 11) is 0. The third-order valence-electron chi connectivity index (χ3n) is 3.31. The molecule has 1 fully saturated rings. The molecule has 0 radical (unpaired) electrons. The Bertz CT molecular complexity index is 481. The number of aliphatic hydroxyl groups excluding tert-OH is 1. The number of aliphatic hydroxyl groups is 1. The lowest BCUT2D eigenvalue weighted by atomic mass is 10.1. The first-order valence-electron chi connectivity index (χ1n) is 6.68. The minimum atomic E-state index is -0.396. The Morgan fingerprint density at radius 2 is 2.40 bits per heavy atom. The summed E-state index contributed by atoms with van der Waals surface area (Å²) < 4.78 is 5.41. The van der Waals surface area contributed by atoms with Crippen molar-refractivity contribution < 1.29 is 14.6 Å². The quantitative estimate of drug-likeness (QED) is 0.876. The summed E-state index contributed by atoms with van der Waals surface area (Å²) in [5.41, 5.74) is 1.55. The van der Waals surface area contributed by atoms with Gasteiger partial charge in [-0.25, -0.2) is 0 Å². The van der Waals surface area contributed by atoms with Crippen LogP contribution in [0, 0.1) is 0 Å². The van der Waals surface area contributed by atoms with Gasteiger partial charge in [-0.3, -0.25) is 4.79 Å². The summed E-state index contributed by atoms with van der Waals surface area (Å²) in [5.74, 6) is -0.0731. The van der Waals surface area contributed by atoms with Crippen LogP contribution in [0.3, 0.4) is 0 Å². The monoisotopic (exact) mass is 298 g/mol. The first-order valence-corrected chi connectivity index (χ1v) is 7.06. The van der Waals surface area contributed by atoms with E-state index in [2.05, 4.69) is 5.32 Å². The first kappa shape index (κ1) is 15.1. The number of halogens is 1. The Kier molecular flexibility index (Phi) is 5.23. The number of anilines is 1. The lowest BCUT2D eigenvalue weighted by molar-refractivity contribution is -0.124. The number of ether oxygens (including phenoxy) is 1. The molecular weight excluding hydrogens is 280 g/mol. The van der Waals surface area contributed by atoms with Crippen LogP contribution in [0.4, 0.5) is 5.69 Å². The van der Waals surface area contributed by atoms with E-state index in [0.29, 0.717) is 31.3 Å². The highest BCUT2D eigenvalue weighted by atomic mass is 35.5. The van der Waals surface area contributed by atoms with Gasteiger partial charge in [-0.1, -0.05) is 17.7 Å². The van der Waals surface area contributed by atoms with Gasteiger partial charge in [0.25, 0.3) is 0 Å². The lowest BCUT2D eigenvalue weighted by Gasteiger charge is -2.37. The molecule has 5 nitrogen and oxygen atoms in total. The zero-order valence-corrected chi connectivity index (χ0v) is 12.2. The average Bonchev–Trinajstić information content (AvgIpc) is 2.47. The zero-order chi connectivity index (χ0) is 14.5. The van der Waals surface area contributed by atoms with Crippen LogP contribution in [0.1, 0.15) is 12.5 Å². The Hall–Kier alpha value is -1.30. The lowest BCUT2D eigenvalue weighted by Crippen LogP contribution is -2.54. The molecule has 0 saturated carbocycles. The molecule has 0 aromatic heterocycles. The fraction of sp³-hybridized carbons (Fsp3) is 0.500. The predicted octanol–water partition coefficient (Wildman–Crippen LogP) is 1.17. The number of hydrogen-bond donors (Lipinski definition) is 2. The largest absolute Gasteiger partial charge is 0.392 e. The summed E-state index contributed by atoms with van der Waals surface area (Å²) in [6.45, 7) is 3.84. The van der Waals surface area contributed by atoms with E-state index in [1.165, 1.54) is 0 Å². The van der Waals surface area contributed by atoms with Crippen LogP contribution in [0.5, 0.6) is 0 Å². The molecule has 1 aromatic carbocycles. The molecule has 1 atom stereocenters. The molecule has 0 aliphatic carbocycles. The van der Waals surface area contributed by atoms with Crippen molar-refractivity contribution >= 4 is 23.2 Å². The van der Waals surface area contributed by atoms with Crippen molar-refractivity contribution in [3.8, 4) is 0 Å². The van der Waals surface area contributed by atoms with E-state index in [1.807, 2.05) is 11.8 Å². The summed E-state index contributed by atoms with van der Waals surface area (Å²) >= 11 is 6.04. The highest BCUT2D eigenvalue weighted by molar-refractivity contribution is 6.30. The molecule has 1 unspecified atom stereocenters. The predicted molar refractivity (Wildman–Crippen MR) is 78.0 cm³/mol. The van der Waals surface area contributed by atoms with Crippen LogP contribution in [-0.2, 0) is 16.1 Å². The van der Waals surface area contributed by atoms with Gasteiger partial charge < -0.3 is 20.1 Å². The van der Waals surface area contributed by atoms with Gasteiger partial charge >= 0.3 is 0 Å². The van der Waals surface area contributed by atoms with Crippen LogP contribution < -0.4 is 10.2 Å². The average molecular weight is 299 g/mol. The van der Waals surface area contributed by atoms with Gasteiger partial charge in [0, 0.05) is 29.4 Å². The summed E-state index contributed by atoms with van der Waals surface area (Å²) in [6, 6.07) is 4.90. The number of nitrogens with zero attached hydrogens (tertiary/aromatic N) is 1. The number of likely N-dealkylation sites (N-methyl/N-ethyl adjacent to an activating group) is 1. The maximum Gasteiger partial charge on any atom is 0.245 e. The summed E-state index contributed by atoms with van der Waals surface area (Å²) in [5, 5.41) is 12.9. The van der Waals surface area contributed by atoms with Gasteiger partial charge in [0.2, 0.25) is 5.91 Å². The second-order valence-corrected chi connectivity index (χ2v) is 5.05. The van der Waals surface area contributed by atoms with E-state index >= 15 is 0 Å². The van der Waals surface area contributed by atoms with E-state index in [0.717, 1.165) is 11.3 Å². The van der Waals surface area contributed by atoms with Gasteiger partial charge in [-0.2, -0.15) is 0 Å². The fourth-order valence-electron chi connectivity index (χ4n) is 2.34. The highest BCUT2D eigenvalue weighted by Gasteiger charge is 2.30. The fourth-order valence-corrected chi connectivity index (χ4v) is 2.51. The number of benzene rings is 1. The molecule has 110 valence electrons. The van der Waals surface area contributed by atoms with Crippen molar-refractivity contribution in [1.29, 1.82) is 0 Å². The maximum atomic E-state index is 12.1. The summed E-state index contributed by atoms with van der Waals surface area (Å²) in [4.78, 5) is 14.1. The van der Waals surface area contributed by atoms with E-state index in [1.54, 1.807) is 18.2 Å². The molecule has 2 N–H and O–H groups in total. The van der Waals surface area contributed by atoms with Gasteiger partial charge in [0.15, 0.2) is 0 Å². The van der Waals surface area contributed by atoms with Crippen molar-refractivity contribution in [2.75, 3.05) is 31.2 Å². The van der Waals surface area contributed by atoms with Crippen molar-refractivity contribution in [3.63, 3.8) is 0 Å². The molecule has 2 rings (SSSR count). The van der Waals surface area contributed by atoms with Crippen LogP contribution >= 0.6 is 11.6 Å². The topological polar surface area (TPSA) is 61.8 Å². The van der Waals surface area contributed by atoms with Crippen LogP contribution in [0.15, 0.2) is 18.2 Å². The van der Waals surface area contributed by atoms with Crippen molar-refractivity contribution in [2.45, 2.75) is 19.6 Å². The zero-order valence-electron chi connectivity index (χ0n) is 11.4. The molecule has 0 bridgehead atoms. The van der Waals surface area contributed by atoms with Crippen LogP contribution in [-0.4, -0.2) is 43.4 Å². The molecule has 1 aliphatic heterocycles. The van der Waals surface area contributed by atoms with Gasteiger partial charge in [-0.05, 0) is 19.1 Å². The van der Waals surface area contributed by atoms with Crippen molar-refractivity contribution in [2.24, 2.45) is 0 Å². The van der Waals surface area contributed by atoms with Crippen LogP contribution in [0.25, 0.3) is 0 Å². The third kappa shape index (κ3) is 3.23. The Balaban J connectivity index is 2.32. The Labute approximate surface area is 123 Å². The van der Waals surface area contributed by atoms with E-state index < -0.39 is 6.04 Å². The van der Waals surface area contributed by atoms with E-state index in [-0.39, 0.29) is 12.5 Å². The molecule has 1 amide bonds. The maximum absolute atomic E-state index is 12.1. The number of morpholine rings is 1. The molecular formula is C14H19ClN2O3. The molecule has 20 heavy (non-hydrogen) atoms. The Morgan fingerprint density at radius 1 is 1.60 bits per heavy atom. The van der Waals surface area contributed by atoms with Crippen LogP contribution in [0.2, 0.25) is 5.02 Å². The number of amides is 1. The minimum absolute atomic E-state index is 0.0731. The molecule has 1 heterocycles. The standard InChI is InChI=1S/C14H19ClN2O3/c1-2-16-14(19)13-9-20-6-5-17(13)12-7-11(15)4-3-10(12)8-18/h3-4,7,13,18H,2,5-6,8-9H2,1H3,(H,16,19). The van der Waals surface area contributed by atoms with Gasteiger partial charge in [0.1, 0.15) is 6.04 Å². The number of carbonyl (C=O) groups excluding carboxylic acids is 1. The SMILES string of the molecule is CCNC(=O)C1COCCN1c1cc(Cl)ccc1CO. The first-order chi connectivity index (χ1) is 9.67. The normalized spacial score (nSPS) is 18.9. The number of nitrogens with one attached hydrogen (secondary N) is 1. The van der Waals surface area contributed by atoms with Gasteiger partial charge in [0.05, 0.1) is 19.8 Å². The third-order valence-corrected chi connectivity index (χ3v) is 3.54. The summed E-state index contributed by atoms with van der Waals surface area (Å²) in [6.07, 6.45) is 0. The molecule has 1 aliphatic rings. The molecule has 1 aromatic rings. The number of rotatable bonds is 4. The number of hydrogen-bond acceptors (Lipinski definition) is 4. The van der Waals surface area contributed by atoms with Crippen molar-refractivity contribution in [1.82, 2.24) is 5.32 Å². The molecule has 6 heteroatoms. The minimum Gasteiger partial charge on any atom is -0.392 e. The van der Waals surface area contributed by atoms with E-state index in [4.69, 9.17) is 16.3 Å².